The summed E-state index contributed by atoms with van der Waals surface area (Å²) in [6, 6.07) is 7.38. The highest BCUT2D eigenvalue weighted by Gasteiger charge is 2.72. The van der Waals surface area contributed by atoms with Crippen LogP contribution >= 0.6 is 11.6 Å². The molecule has 1 heterocycles. The topological polar surface area (TPSA) is 38.8 Å². The summed E-state index contributed by atoms with van der Waals surface area (Å²) in [6.07, 6.45) is 0.709. The Morgan fingerprint density at radius 2 is 2.00 bits per heavy atom. The number of epoxide rings is 1. The fourth-order valence-electron chi connectivity index (χ4n) is 2.39. The number of carbonyl (C=O) groups is 1. The maximum Gasteiger partial charge on any atom is 0.341 e. The van der Waals surface area contributed by atoms with Crippen molar-refractivity contribution in [1.29, 1.82) is 0 Å². The molecule has 1 aromatic carbocycles. The molecule has 0 amide bonds. The summed E-state index contributed by atoms with van der Waals surface area (Å²) in [4.78, 5) is 11.7. The smallest absolute Gasteiger partial charge is 0.341 e. The molecule has 4 heteroatoms. The summed E-state index contributed by atoms with van der Waals surface area (Å²) in [7, 11) is 1.37. The second-order valence-corrected chi connectivity index (χ2v) is 4.75. The molecule has 1 saturated heterocycles. The van der Waals surface area contributed by atoms with E-state index in [1.54, 1.807) is 19.1 Å². The van der Waals surface area contributed by atoms with E-state index in [4.69, 9.17) is 21.1 Å². The van der Waals surface area contributed by atoms with Gasteiger partial charge in [-0.15, -0.1) is 0 Å². The fraction of sp³-hybridized carbons (Fsp3) is 0.462. The van der Waals surface area contributed by atoms with E-state index in [9.17, 15) is 4.79 Å². The zero-order chi connectivity index (χ0) is 12.7. The Morgan fingerprint density at radius 1 is 1.41 bits per heavy atom. The van der Waals surface area contributed by atoms with Crippen molar-refractivity contribution in [3.8, 4) is 0 Å². The Balaban J connectivity index is 2.36. The fourth-order valence-corrected chi connectivity index (χ4v) is 2.52. The molecule has 0 spiro atoms. The van der Waals surface area contributed by atoms with Gasteiger partial charge in [-0.25, -0.2) is 4.79 Å². The average Bonchev–Trinajstić information content (AvgIpc) is 2.97. The number of benzene rings is 1. The predicted molar refractivity (Wildman–Crippen MR) is 64.9 cm³/mol. The second kappa shape index (κ2) is 4.00. The molecule has 1 aliphatic rings. The number of halogens is 1. The summed E-state index contributed by atoms with van der Waals surface area (Å²) >= 11 is 5.85. The molecular weight excluding hydrogens is 240 g/mol. The molecule has 0 N–H and O–H groups in total. The molecule has 3 nitrogen and oxygen atoms in total. The molecule has 1 aliphatic heterocycles. The van der Waals surface area contributed by atoms with Gasteiger partial charge in [0.25, 0.3) is 0 Å². The lowest BCUT2D eigenvalue weighted by Crippen LogP contribution is -2.30. The second-order valence-electron chi connectivity index (χ2n) is 4.31. The molecule has 0 bridgehead atoms. The van der Waals surface area contributed by atoms with E-state index in [2.05, 4.69) is 0 Å². The molecule has 17 heavy (non-hydrogen) atoms. The van der Waals surface area contributed by atoms with Crippen LogP contribution in [0.3, 0.4) is 0 Å². The van der Waals surface area contributed by atoms with Crippen LogP contribution < -0.4 is 0 Å². The largest absolute Gasteiger partial charge is 0.467 e. The van der Waals surface area contributed by atoms with Crippen LogP contribution in [0.15, 0.2) is 24.3 Å². The van der Waals surface area contributed by atoms with Crippen LogP contribution in [0.2, 0.25) is 5.02 Å². The highest BCUT2D eigenvalue weighted by Crippen LogP contribution is 2.58. The Hall–Kier alpha value is -1.06. The molecule has 2 unspecified atom stereocenters. The molecule has 1 aromatic rings. The van der Waals surface area contributed by atoms with E-state index >= 15 is 0 Å². The van der Waals surface area contributed by atoms with E-state index in [1.165, 1.54) is 7.11 Å². The van der Waals surface area contributed by atoms with Crippen molar-refractivity contribution in [1.82, 2.24) is 0 Å². The lowest BCUT2D eigenvalue weighted by molar-refractivity contribution is -0.146. The van der Waals surface area contributed by atoms with Crippen LogP contribution in [0.4, 0.5) is 0 Å². The Labute approximate surface area is 106 Å². The van der Waals surface area contributed by atoms with Crippen molar-refractivity contribution in [3.63, 3.8) is 0 Å². The molecule has 0 aliphatic carbocycles. The third-order valence-corrected chi connectivity index (χ3v) is 3.74. The number of hydrogen-bond donors (Lipinski definition) is 0. The van der Waals surface area contributed by atoms with Gasteiger partial charge < -0.3 is 9.47 Å². The molecule has 2 rings (SSSR count). The minimum absolute atomic E-state index is 0.339. The maximum atomic E-state index is 11.7. The normalized spacial score (nSPS) is 31.1. The molecule has 0 saturated carbocycles. The summed E-state index contributed by atoms with van der Waals surface area (Å²) in [5.41, 5.74) is -0.507. The minimum Gasteiger partial charge on any atom is -0.467 e. The number of esters is 1. The van der Waals surface area contributed by atoms with Crippen molar-refractivity contribution in [2.45, 2.75) is 31.5 Å². The van der Waals surface area contributed by atoms with Crippen LogP contribution in [-0.4, -0.2) is 18.7 Å². The van der Waals surface area contributed by atoms with Gasteiger partial charge in [0.05, 0.1) is 7.11 Å². The van der Waals surface area contributed by atoms with Gasteiger partial charge in [-0.2, -0.15) is 0 Å². The van der Waals surface area contributed by atoms with Crippen LogP contribution in [0.1, 0.15) is 25.8 Å². The highest BCUT2D eigenvalue weighted by molar-refractivity contribution is 6.30. The zero-order valence-corrected chi connectivity index (χ0v) is 10.9. The lowest BCUT2D eigenvalue weighted by atomic mass is 9.85. The zero-order valence-electron chi connectivity index (χ0n) is 10.1. The highest BCUT2D eigenvalue weighted by atomic mass is 35.5. The Kier molecular flexibility index (Phi) is 2.92. The molecule has 1 fully saturated rings. The summed E-state index contributed by atoms with van der Waals surface area (Å²) in [6.45, 7) is 3.75. The molecule has 92 valence electrons. The van der Waals surface area contributed by atoms with Gasteiger partial charge >= 0.3 is 5.97 Å². The number of hydrogen-bond acceptors (Lipinski definition) is 3. The lowest BCUT2D eigenvalue weighted by Gasteiger charge is -2.14. The van der Waals surface area contributed by atoms with E-state index in [0.29, 0.717) is 11.4 Å². The minimum atomic E-state index is -0.885. The first-order valence-electron chi connectivity index (χ1n) is 5.55. The first-order valence-corrected chi connectivity index (χ1v) is 5.92. The molecular formula is C13H15ClO3. The van der Waals surface area contributed by atoms with Crippen LogP contribution in [0, 0.1) is 0 Å². The van der Waals surface area contributed by atoms with E-state index in [1.807, 2.05) is 19.1 Å². The first kappa shape index (κ1) is 12.4. The van der Waals surface area contributed by atoms with Crippen molar-refractivity contribution in [2.75, 3.05) is 7.11 Å². The summed E-state index contributed by atoms with van der Waals surface area (Å²) in [5.74, 6) is -0.339. The van der Waals surface area contributed by atoms with Gasteiger partial charge in [0.1, 0.15) is 5.60 Å². The van der Waals surface area contributed by atoms with E-state index in [0.717, 1.165) is 5.56 Å². The Bertz CT molecular complexity index is 442. The number of ether oxygens (including phenoxy) is 2. The maximum absolute atomic E-state index is 11.7. The van der Waals surface area contributed by atoms with Crippen molar-refractivity contribution >= 4 is 17.6 Å². The third kappa shape index (κ3) is 1.65. The molecule has 0 radical (unpaired) electrons. The van der Waals surface area contributed by atoms with E-state index < -0.39 is 11.2 Å². The number of methoxy groups -OCH3 is 1. The van der Waals surface area contributed by atoms with Gasteiger partial charge in [0, 0.05) is 5.02 Å². The standard InChI is InChI=1S/C13H15ClO3/c1-4-13(9-5-7-10(14)8-6-9)12(2,17-13)11(15)16-3/h5-8H,4H2,1-3H3. The van der Waals surface area contributed by atoms with Gasteiger partial charge in [-0.1, -0.05) is 30.7 Å². The third-order valence-electron chi connectivity index (χ3n) is 3.49. The first-order chi connectivity index (χ1) is 8.00. The molecule has 0 aromatic heterocycles. The average molecular weight is 255 g/mol. The monoisotopic (exact) mass is 254 g/mol. The number of rotatable bonds is 3. The number of carbonyl (C=O) groups excluding carboxylic acids is 1. The van der Waals surface area contributed by atoms with Gasteiger partial charge in [-0.3, -0.25) is 0 Å². The Morgan fingerprint density at radius 3 is 2.47 bits per heavy atom. The van der Waals surface area contributed by atoms with Gasteiger partial charge in [-0.05, 0) is 31.0 Å². The van der Waals surface area contributed by atoms with Crippen LogP contribution in [0.25, 0.3) is 0 Å². The van der Waals surface area contributed by atoms with Crippen LogP contribution in [0.5, 0.6) is 0 Å². The van der Waals surface area contributed by atoms with Gasteiger partial charge in [0.15, 0.2) is 5.60 Å². The summed E-state index contributed by atoms with van der Waals surface area (Å²) < 4.78 is 10.5. The predicted octanol–water partition coefficient (Wildman–Crippen LogP) is 2.91. The molecule has 2 atom stereocenters. The van der Waals surface area contributed by atoms with Crippen molar-refractivity contribution < 1.29 is 14.3 Å². The quantitative estimate of drug-likeness (QED) is 0.615. The van der Waals surface area contributed by atoms with E-state index in [-0.39, 0.29) is 5.97 Å². The van der Waals surface area contributed by atoms with Crippen molar-refractivity contribution in [3.05, 3.63) is 34.9 Å². The van der Waals surface area contributed by atoms with Gasteiger partial charge in [0.2, 0.25) is 0 Å². The summed E-state index contributed by atoms with van der Waals surface area (Å²) in [5, 5.41) is 0.667. The van der Waals surface area contributed by atoms with Crippen LogP contribution in [-0.2, 0) is 19.9 Å². The SMILES string of the molecule is CCC1(c2ccc(Cl)cc2)OC1(C)C(=O)OC. The van der Waals surface area contributed by atoms with Crippen molar-refractivity contribution in [2.24, 2.45) is 0 Å².